The Labute approximate surface area is 210 Å². The van der Waals surface area contributed by atoms with Crippen molar-refractivity contribution < 1.29 is 59.2 Å². The van der Waals surface area contributed by atoms with Crippen LogP contribution >= 0.6 is 0 Å². The number of hydrogen-bond donors (Lipinski definition) is 3. The van der Waals surface area contributed by atoms with Gasteiger partial charge in [0, 0.05) is 13.2 Å². The molecular weight excluding hydrogens is 411 g/mol. The largest absolute Gasteiger partial charge is 1.00 e. The molecule has 1 rings (SSSR count). The molecule has 3 unspecified atom stereocenters. The van der Waals surface area contributed by atoms with Gasteiger partial charge in [-0.3, -0.25) is 9.59 Å². The molecule has 0 bridgehead atoms. The van der Waals surface area contributed by atoms with E-state index in [0.29, 0.717) is 6.42 Å². The van der Waals surface area contributed by atoms with E-state index in [1.807, 2.05) is 13.8 Å². The summed E-state index contributed by atoms with van der Waals surface area (Å²) in [4.78, 5) is 27.1. The molecule has 0 fully saturated rings. The van der Waals surface area contributed by atoms with Crippen LogP contribution in [0, 0.1) is 11.3 Å². The normalized spacial score (nSPS) is 19.4. The van der Waals surface area contributed by atoms with Crippen LogP contribution in [0.2, 0.25) is 0 Å². The molecule has 0 radical (unpaired) electrons. The maximum absolute atomic E-state index is 11.9. The number of aliphatic imine (C=N–C) groups is 1. The second-order valence-electron chi connectivity index (χ2n) is 7.54. The number of amides is 2. The molecule has 0 aromatic carbocycles. The van der Waals surface area contributed by atoms with E-state index in [2.05, 4.69) is 24.2 Å². The molecule has 0 aromatic heterocycles. The van der Waals surface area contributed by atoms with Gasteiger partial charge in [0.1, 0.15) is 5.41 Å². The van der Waals surface area contributed by atoms with Crippen molar-refractivity contribution in [1.29, 1.82) is 0 Å². The van der Waals surface area contributed by atoms with Crippen LogP contribution in [0.4, 0.5) is 0 Å². The second-order valence-corrected chi connectivity index (χ2v) is 7.54. The third-order valence-electron chi connectivity index (χ3n) is 4.88. The van der Waals surface area contributed by atoms with Gasteiger partial charge in [0.15, 0.2) is 0 Å². The van der Waals surface area contributed by atoms with Crippen molar-refractivity contribution in [3.05, 3.63) is 0 Å². The number of amidine groups is 1. The molecule has 3 atom stereocenters. The Morgan fingerprint density at radius 3 is 1.87 bits per heavy atom. The monoisotopic (exact) mass is 454 g/mol. The first-order chi connectivity index (χ1) is 14.2. The molecule has 9 heteroatoms. The van der Waals surface area contributed by atoms with Gasteiger partial charge in [0.25, 0.3) is 5.91 Å². The van der Waals surface area contributed by atoms with Gasteiger partial charge in [-0.25, -0.2) is 4.99 Å². The van der Waals surface area contributed by atoms with Crippen LogP contribution in [0.25, 0.3) is 0 Å². The number of aliphatic hydroxyl groups is 2. The van der Waals surface area contributed by atoms with Crippen molar-refractivity contribution in [1.82, 2.24) is 5.32 Å². The van der Waals surface area contributed by atoms with Crippen molar-refractivity contribution in [3.8, 4) is 0 Å². The Balaban J connectivity index is -0.000000444. The van der Waals surface area contributed by atoms with Crippen LogP contribution < -0.4 is 40.0 Å². The molecule has 0 aliphatic carbocycles. The van der Waals surface area contributed by atoms with Crippen molar-refractivity contribution >= 4 is 17.8 Å². The molecule has 1 heterocycles. The van der Waals surface area contributed by atoms with E-state index in [9.17, 15) is 14.7 Å². The molecular formula is C22H43N2NaO6. The van der Waals surface area contributed by atoms with Crippen LogP contribution in [0.3, 0.4) is 0 Å². The van der Waals surface area contributed by atoms with E-state index in [1.165, 1.54) is 32.6 Å². The summed E-state index contributed by atoms with van der Waals surface area (Å²) in [6.07, 6.45) is 6.37. The fourth-order valence-electron chi connectivity index (χ4n) is 2.89. The average molecular weight is 455 g/mol. The van der Waals surface area contributed by atoms with Crippen LogP contribution in [0.15, 0.2) is 4.99 Å². The molecule has 0 aromatic rings. The predicted octanol–water partition coefficient (Wildman–Crippen LogP) is -0.842. The van der Waals surface area contributed by atoms with Gasteiger partial charge in [0.2, 0.25) is 5.91 Å². The van der Waals surface area contributed by atoms with Gasteiger partial charge in [-0.2, -0.15) is 0 Å². The number of nitrogens with one attached hydrogen (secondary N) is 1. The summed E-state index contributed by atoms with van der Waals surface area (Å²) in [6, 6.07) is -0.845. The first-order valence-electron chi connectivity index (χ1n) is 11.2. The van der Waals surface area contributed by atoms with Gasteiger partial charge in [-0.1, -0.05) is 53.9 Å². The minimum Gasteiger partial charge on any atom is -0.846 e. The summed E-state index contributed by atoms with van der Waals surface area (Å²) in [6.45, 7) is 13.3. The third kappa shape index (κ3) is 14.3. The number of carbonyl (C=O) groups is 2. The predicted molar refractivity (Wildman–Crippen MR) is 117 cm³/mol. The molecule has 1 aliphatic heterocycles. The van der Waals surface area contributed by atoms with E-state index in [0.717, 1.165) is 26.1 Å². The van der Waals surface area contributed by atoms with Crippen molar-refractivity contribution in [2.75, 3.05) is 19.8 Å². The number of nitrogens with zero attached hydrogens (tertiary/aromatic N) is 1. The Bertz CT molecular complexity index is 496. The fourth-order valence-corrected chi connectivity index (χ4v) is 2.89. The van der Waals surface area contributed by atoms with Crippen molar-refractivity contribution in [2.45, 2.75) is 92.6 Å². The van der Waals surface area contributed by atoms with Crippen molar-refractivity contribution in [3.63, 3.8) is 0 Å². The van der Waals surface area contributed by atoms with Crippen molar-refractivity contribution in [2.24, 2.45) is 16.3 Å². The number of ether oxygens (including phenoxy) is 1. The van der Waals surface area contributed by atoms with E-state index in [-0.39, 0.29) is 42.1 Å². The zero-order valence-electron chi connectivity index (χ0n) is 20.7. The molecule has 0 spiro atoms. The van der Waals surface area contributed by atoms with E-state index in [4.69, 9.17) is 14.9 Å². The molecule has 31 heavy (non-hydrogen) atoms. The molecule has 1 aliphatic rings. The summed E-state index contributed by atoms with van der Waals surface area (Å²) >= 11 is 0. The van der Waals surface area contributed by atoms with Crippen LogP contribution in [0.5, 0.6) is 0 Å². The maximum atomic E-state index is 11.9. The fraction of sp³-hybridized carbons (Fsp3) is 0.864. The van der Waals surface area contributed by atoms with E-state index in [1.54, 1.807) is 6.92 Å². The molecule has 8 nitrogen and oxygen atoms in total. The summed E-state index contributed by atoms with van der Waals surface area (Å²) < 4.78 is 5.31. The minimum absolute atomic E-state index is 0. The average Bonchev–Trinajstić information content (AvgIpc) is 2.69. The van der Waals surface area contributed by atoms with Crippen LogP contribution in [0.1, 0.15) is 86.5 Å². The molecule has 0 saturated carbocycles. The summed E-state index contributed by atoms with van der Waals surface area (Å²) in [7, 11) is 0. The molecule has 3 N–H and O–H groups in total. The number of hydrogen-bond acceptors (Lipinski definition) is 6. The van der Waals surface area contributed by atoms with E-state index >= 15 is 0 Å². The molecule has 2 amide bonds. The SMILES string of the molecule is CC(O)CO.CCCC(C)C1(CC)C(=O)N=C([O-])NC1=O.CCCCOCCCC.[Na+]. The Kier molecular flexibility index (Phi) is 24.2. The van der Waals surface area contributed by atoms with E-state index < -0.39 is 29.4 Å². The number of aliphatic hydroxyl groups excluding tert-OH is 2. The Morgan fingerprint density at radius 1 is 1.06 bits per heavy atom. The second kappa shape index (κ2) is 21.3. The minimum atomic E-state index is -1.15. The smallest absolute Gasteiger partial charge is 0.846 e. The number of rotatable bonds is 11. The number of unbranched alkanes of at least 4 members (excludes halogenated alkanes) is 2. The van der Waals surface area contributed by atoms with Gasteiger partial charge >= 0.3 is 29.6 Å². The van der Waals surface area contributed by atoms with Crippen LogP contribution in [-0.2, 0) is 14.3 Å². The van der Waals surface area contributed by atoms with Crippen LogP contribution in [-0.4, -0.2) is 54.0 Å². The quantitative estimate of drug-likeness (QED) is 0.212. The third-order valence-corrected chi connectivity index (χ3v) is 4.88. The van der Waals surface area contributed by atoms with Gasteiger partial charge in [0.05, 0.1) is 18.7 Å². The summed E-state index contributed by atoms with van der Waals surface area (Å²) in [5.74, 6) is -1.20. The first-order valence-corrected chi connectivity index (χ1v) is 11.2. The zero-order valence-corrected chi connectivity index (χ0v) is 22.7. The Hall–Kier alpha value is -0.510. The first kappa shape index (κ1) is 35.1. The molecule has 0 saturated heterocycles. The standard InChI is InChI=1S/C11H18N2O3.C8H18O.C3H8O2.Na/c1-4-6-7(3)11(5-2)8(14)12-10(16)13-9(11)15;1-3-5-7-9-8-6-4-2;1-3(5)2-4;/h7H,4-6H2,1-3H3,(H2,12,13,14,15,16);3-8H2,1-2H3;3-5H,2H2,1H3;/q;;;+1/p-1. The molecule has 178 valence electrons. The summed E-state index contributed by atoms with van der Waals surface area (Å²) in [5.41, 5.74) is -1.15. The van der Waals surface area contributed by atoms with Gasteiger partial charge in [-0.05, 0) is 38.5 Å². The van der Waals surface area contributed by atoms with Gasteiger partial charge < -0.3 is 25.4 Å². The van der Waals surface area contributed by atoms with Gasteiger partial charge in [-0.15, -0.1) is 0 Å². The Morgan fingerprint density at radius 2 is 1.55 bits per heavy atom. The number of carbonyl (C=O) groups excluding carboxylic acids is 2. The summed E-state index contributed by atoms with van der Waals surface area (Å²) in [5, 5.41) is 29.1. The topological polar surface area (TPSA) is 131 Å². The zero-order chi connectivity index (χ0) is 23.6. The maximum Gasteiger partial charge on any atom is 1.00 e.